The first kappa shape index (κ1) is 15.2. The zero-order valence-electron chi connectivity index (χ0n) is 9.49. The van der Waals surface area contributed by atoms with Crippen molar-refractivity contribution in [1.82, 2.24) is 4.98 Å². The third-order valence-electron chi connectivity index (χ3n) is 2.52. The van der Waals surface area contributed by atoms with Crippen molar-refractivity contribution < 1.29 is 13.2 Å². The number of aromatic nitrogens is 1. The number of benzene rings is 1. The average molecular weight is 343 g/mol. The molecule has 0 saturated carbocycles. The van der Waals surface area contributed by atoms with Gasteiger partial charge in [-0.05, 0) is 12.1 Å². The molecule has 1 aromatic carbocycles. The highest BCUT2D eigenvalue weighted by atomic mass is 35.5. The summed E-state index contributed by atoms with van der Waals surface area (Å²) < 4.78 is 37.5. The van der Waals surface area contributed by atoms with Crippen molar-refractivity contribution in [2.24, 2.45) is 0 Å². The molecule has 0 aliphatic heterocycles. The van der Waals surface area contributed by atoms with Crippen LogP contribution in [0.25, 0.3) is 11.3 Å². The van der Waals surface area contributed by atoms with Gasteiger partial charge in [0.1, 0.15) is 5.56 Å². The lowest BCUT2D eigenvalue weighted by Gasteiger charge is -2.09. The topological polar surface area (TPSA) is 32.9 Å². The number of aromatic amines is 1. The molecule has 0 aliphatic rings. The van der Waals surface area contributed by atoms with E-state index in [9.17, 15) is 18.0 Å². The molecule has 0 aliphatic carbocycles. The van der Waals surface area contributed by atoms with Gasteiger partial charge in [-0.3, -0.25) is 4.79 Å². The molecule has 0 spiro atoms. The Balaban J connectivity index is 2.59. The number of H-pyrrole nitrogens is 1. The highest BCUT2D eigenvalue weighted by molar-refractivity contribution is 6.44. The zero-order chi connectivity index (χ0) is 15.1. The third-order valence-corrected chi connectivity index (χ3v) is 3.55. The van der Waals surface area contributed by atoms with Crippen molar-refractivity contribution in [1.29, 1.82) is 0 Å². The molecule has 2 rings (SSSR count). The van der Waals surface area contributed by atoms with Crippen LogP contribution < -0.4 is 5.43 Å². The quantitative estimate of drug-likeness (QED) is 0.725. The minimum atomic E-state index is -4.71. The second kappa shape index (κ2) is 5.31. The highest BCUT2D eigenvalue weighted by Gasteiger charge is 2.33. The monoisotopic (exact) mass is 341 g/mol. The minimum absolute atomic E-state index is 0.117. The number of nitrogens with one attached hydrogen (secondary N) is 1. The molecule has 1 N–H and O–H groups in total. The first-order chi connectivity index (χ1) is 9.20. The molecular formula is C12H5Cl3F3NO. The Labute approximate surface area is 126 Å². The van der Waals surface area contributed by atoms with Crippen LogP contribution in [0.15, 0.2) is 29.2 Å². The maximum atomic E-state index is 12.5. The molecule has 2 aromatic rings. The van der Waals surface area contributed by atoms with E-state index in [2.05, 4.69) is 4.98 Å². The van der Waals surface area contributed by atoms with E-state index in [0.29, 0.717) is 6.20 Å². The fourth-order valence-corrected chi connectivity index (χ4v) is 2.23. The van der Waals surface area contributed by atoms with Crippen LogP contribution in [0.4, 0.5) is 13.2 Å². The highest BCUT2D eigenvalue weighted by Crippen LogP contribution is 2.34. The second-order valence-electron chi connectivity index (χ2n) is 3.87. The van der Waals surface area contributed by atoms with E-state index in [1.54, 1.807) is 0 Å². The predicted octanol–water partition coefficient (Wildman–Crippen LogP) is 5.02. The predicted molar refractivity (Wildman–Crippen MR) is 72.5 cm³/mol. The summed E-state index contributed by atoms with van der Waals surface area (Å²) in [6.45, 7) is 0. The molecule has 1 heterocycles. The molecule has 1 aromatic heterocycles. The Morgan fingerprint density at radius 3 is 2.10 bits per heavy atom. The molecule has 0 radical (unpaired) electrons. The van der Waals surface area contributed by atoms with E-state index in [0.717, 1.165) is 6.07 Å². The van der Waals surface area contributed by atoms with Crippen molar-refractivity contribution in [2.45, 2.75) is 6.18 Å². The van der Waals surface area contributed by atoms with Crippen molar-refractivity contribution in [3.63, 3.8) is 0 Å². The van der Waals surface area contributed by atoms with Crippen LogP contribution in [-0.4, -0.2) is 4.98 Å². The van der Waals surface area contributed by atoms with Gasteiger partial charge in [-0.15, -0.1) is 0 Å². The number of hydrogen-bond donors (Lipinski definition) is 1. The number of halogens is 6. The minimum Gasteiger partial charge on any atom is -0.360 e. The third kappa shape index (κ3) is 2.95. The lowest BCUT2D eigenvalue weighted by atomic mass is 10.1. The van der Waals surface area contributed by atoms with Gasteiger partial charge in [0.15, 0.2) is 5.43 Å². The van der Waals surface area contributed by atoms with Crippen molar-refractivity contribution in [2.75, 3.05) is 0 Å². The van der Waals surface area contributed by atoms with Gasteiger partial charge in [0.05, 0.1) is 20.8 Å². The molecule has 0 fully saturated rings. The Morgan fingerprint density at radius 2 is 1.55 bits per heavy atom. The van der Waals surface area contributed by atoms with Crippen LogP contribution in [0.5, 0.6) is 0 Å². The lowest BCUT2D eigenvalue weighted by Crippen LogP contribution is -2.19. The molecule has 20 heavy (non-hydrogen) atoms. The molecule has 0 unspecified atom stereocenters. The first-order valence-corrected chi connectivity index (χ1v) is 6.28. The standard InChI is InChI=1S/C12H5Cl3F3NO/c13-7-2-9(15)8(14)1-5(7)10-3-11(20)6(4-19-10)12(16,17)18/h1-4H,(H,19,20). The summed E-state index contributed by atoms with van der Waals surface area (Å²) in [6, 6.07) is 3.52. The second-order valence-corrected chi connectivity index (χ2v) is 5.09. The van der Waals surface area contributed by atoms with Gasteiger partial charge in [-0.2, -0.15) is 13.2 Å². The van der Waals surface area contributed by atoms with Crippen LogP contribution in [-0.2, 0) is 6.18 Å². The molecule has 2 nitrogen and oxygen atoms in total. The maximum Gasteiger partial charge on any atom is 0.421 e. The Kier molecular flexibility index (Phi) is 4.04. The number of rotatable bonds is 1. The maximum absolute atomic E-state index is 12.5. The van der Waals surface area contributed by atoms with Crippen LogP contribution in [0.3, 0.4) is 0 Å². The summed E-state index contributed by atoms with van der Waals surface area (Å²) in [5.41, 5.74) is -2.04. The van der Waals surface area contributed by atoms with E-state index >= 15 is 0 Å². The summed E-state index contributed by atoms with van der Waals surface area (Å²) in [7, 11) is 0. The van der Waals surface area contributed by atoms with Crippen LogP contribution in [0.1, 0.15) is 5.56 Å². The van der Waals surface area contributed by atoms with Crippen LogP contribution in [0.2, 0.25) is 15.1 Å². The molecule has 0 amide bonds. The fourth-order valence-electron chi connectivity index (χ4n) is 1.58. The summed E-state index contributed by atoms with van der Waals surface area (Å²) in [6.07, 6.45) is -4.12. The van der Waals surface area contributed by atoms with E-state index in [1.807, 2.05) is 0 Å². The molecule has 0 saturated heterocycles. The van der Waals surface area contributed by atoms with Crippen molar-refractivity contribution in [3.8, 4) is 11.3 Å². The van der Waals surface area contributed by atoms with Gasteiger partial charge in [0, 0.05) is 17.8 Å². The summed E-state index contributed by atoms with van der Waals surface area (Å²) in [5.74, 6) is 0. The number of alkyl halides is 3. The van der Waals surface area contributed by atoms with Crippen LogP contribution >= 0.6 is 34.8 Å². The Bertz CT molecular complexity index is 725. The average Bonchev–Trinajstić information content (AvgIpc) is 2.32. The number of pyridine rings is 1. The lowest BCUT2D eigenvalue weighted by molar-refractivity contribution is -0.138. The molecule has 0 atom stereocenters. The summed E-state index contributed by atoms with van der Waals surface area (Å²) in [4.78, 5) is 13.9. The molecule has 0 bridgehead atoms. The van der Waals surface area contributed by atoms with Gasteiger partial charge in [-0.25, -0.2) is 0 Å². The Hall–Kier alpha value is -1.17. The van der Waals surface area contributed by atoms with E-state index in [-0.39, 0.29) is 26.3 Å². The molecule has 106 valence electrons. The Morgan fingerprint density at radius 1 is 0.950 bits per heavy atom. The number of hydrogen-bond acceptors (Lipinski definition) is 1. The van der Waals surface area contributed by atoms with Crippen LogP contribution in [0, 0.1) is 0 Å². The first-order valence-electron chi connectivity index (χ1n) is 5.15. The largest absolute Gasteiger partial charge is 0.421 e. The van der Waals surface area contributed by atoms with Gasteiger partial charge >= 0.3 is 6.18 Å². The van der Waals surface area contributed by atoms with Crippen molar-refractivity contribution in [3.05, 3.63) is 55.3 Å². The van der Waals surface area contributed by atoms with Crippen molar-refractivity contribution >= 4 is 34.8 Å². The SMILES string of the molecule is O=c1cc(-c2cc(Cl)c(Cl)cc2Cl)[nH]cc1C(F)(F)F. The zero-order valence-corrected chi connectivity index (χ0v) is 11.8. The normalized spacial score (nSPS) is 11.7. The van der Waals surface area contributed by atoms with Gasteiger partial charge in [0.25, 0.3) is 0 Å². The smallest absolute Gasteiger partial charge is 0.360 e. The summed E-state index contributed by atoms with van der Waals surface area (Å²) in [5, 5.41) is 0.538. The van der Waals surface area contributed by atoms with E-state index in [4.69, 9.17) is 34.8 Å². The van der Waals surface area contributed by atoms with E-state index in [1.165, 1.54) is 12.1 Å². The summed E-state index contributed by atoms with van der Waals surface area (Å²) >= 11 is 17.5. The molecule has 8 heteroatoms. The molecular weight excluding hydrogens is 337 g/mol. The van der Waals surface area contributed by atoms with E-state index < -0.39 is 17.2 Å². The fraction of sp³-hybridized carbons (Fsp3) is 0.0833. The van der Waals surface area contributed by atoms with Gasteiger partial charge in [-0.1, -0.05) is 34.8 Å². The van der Waals surface area contributed by atoms with Gasteiger partial charge in [0.2, 0.25) is 0 Å². The van der Waals surface area contributed by atoms with Gasteiger partial charge < -0.3 is 4.98 Å².